The van der Waals surface area contributed by atoms with Crippen molar-refractivity contribution in [2.24, 2.45) is 0 Å². The van der Waals surface area contributed by atoms with Crippen molar-refractivity contribution in [3.05, 3.63) is 84.4 Å². The van der Waals surface area contributed by atoms with Gasteiger partial charge in [-0.25, -0.2) is 0 Å². The number of benzene rings is 2. The molecule has 2 heteroatoms. The number of aromatic nitrogens is 2. The smallest absolute Gasteiger partial charge is 0.0481 e. The lowest BCUT2D eigenvalue weighted by molar-refractivity contribution is 0.719. The van der Waals surface area contributed by atoms with Gasteiger partial charge in [0.1, 0.15) is 0 Å². The molecule has 0 saturated carbocycles. The number of rotatable bonds is 5. The van der Waals surface area contributed by atoms with E-state index in [1.165, 1.54) is 32.9 Å². The van der Waals surface area contributed by atoms with Gasteiger partial charge in [-0.3, -0.25) is 9.97 Å². The molecule has 0 fully saturated rings. The Balaban J connectivity index is 1.44. The lowest BCUT2D eigenvalue weighted by Crippen LogP contribution is -1.95. The molecule has 2 heterocycles. The van der Waals surface area contributed by atoms with Crippen LogP contribution in [0.1, 0.15) is 24.2 Å². The average molecular weight is 312 g/mol. The molecule has 2 nitrogen and oxygen atoms in total. The maximum atomic E-state index is 4.59. The number of hydrogen-bond acceptors (Lipinski definition) is 2. The topological polar surface area (TPSA) is 25.8 Å². The molecule has 0 atom stereocenters. The summed E-state index contributed by atoms with van der Waals surface area (Å²) >= 11 is 0. The third-order valence-electron chi connectivity index (χ3n) is 4.59. The maximum absolute atomic E-state index is 4.59. The minimum absolute atomic E-state index is 1.02. The molecule has 24 heavy (non-hydrogen) atoms. The van der Waals surface area contributed by atoms with E-state index in [1.807, 2.05) is 12.4 Å². The van der Waals surface area contributed by atoms with E-state index in [1.54, 1.807) is 0 Å². The van der Waals surface area contributed by atoms with Gasteiger partial charge in [-0.05, 0) is 48.6 Å². The van der Waals surface area contributed by atoms with E-state index in [0.717, 1.165) is 25.7 Å². The van der Waals surface area contributed by atoms with E-state index in [4.69, 9.17) is 0 Å². The van der Waals surface area contributed by atoms with E-state index in [9.17, 15) is 0 Å². The Kier molecular flexibility index (Phi) is 4.20. The molecule has 4 rings (SSSR count). The van der Waals surface area contributed by atoms with Gasteiger partial charge in [0.25, 0.3) is 0 Å². The fourth-order valence-corrected chi connectivity index (χ4v) is 3.35. The second-order valence-electron chi connectivity index (χ2n) is 6.16. The molecule has 0 saturated heterocycles. The van der Waals surface area contributed by atoms with Gasteiger partial charge in [0, 0.05) is 34.6 Å². The molecular formula is C22H20N2. The Morgan fingerprint density at radius 2 is 1.00 bits per heavy atom. The van der Waals surface area contributed by atoms with Crippen molar-refractivity contribution < 1.29 is 0 Å². The highest BCUT2D eigenvalue weighted by Gasteiger charge is 2.04. The predicted octanol–water partition coefficient (Wildman–Crippen LogP) is 5.35. The molecule has 0 spiro atoms. The summed E-state index contributed by atoms with van der Waals surface area (Å²) in [5.41, 5.74) is 2.41. The normalized spacial score (nSPS) is 11.2. The van der Waals surface area contributed by atoms with Crippen molar-refractivity contribution in [1.29, 1.82) is 0 Å². The molecule has 4 aromatic rings. The Bertz CT molecular complexity index is 884. The molecule has 2 aromatic carbocycles. The van der Waals surface area contributed by atoms with Crippen LogP contribution in [-0.4, -0.2) is 9.97 Å². The van der Waals surface area contributed by atoms with Crippen LogP contribution in [0.3, 0.4) is 0 Å². The molecule has 0 aliphatic rings. The number of nitrogens with zero attached hydrogens (tertiary/aromatic N) is 2. The van der Waals surface area contributed by atoms with E-state index < -0.39 is 0 Å². The van der Waals surface area contributed by atoms with E-state index in [0.29, 0.717) is 0 Å². The Morgan fingerprint density at radius 3 is 1.50 bits per heavy atom. The zero-order valence-electron chi connectivity index (χ0n) is 13.7. The first-order valence-corrected chi connectivity index (χ1v) is 8.57. The maximum Gasteiger partial charge on any atom is 0.0481 e. The summed E-state index contributed by atoms with van der Waals surface area (Å²) in [5, 5.41) is 5.11. The fourth-order valence-electron chi connectivity index (χ4n) is 3.35. The summed E-state index contributed by atoms with van der Waals surface area (Å²) in [5.74, 6) is 0. The standard InChI is InChI=1S/C22H20N2/c1-3-9-19-17(7-1)13-15-23-21(19)11-5-6-12-22-20-10-4-2-8-18(20)14-16-24-22/h1-4,7-10,13-16H,5-6,11-12H2. The highest BCUT2D eigenvalue weighted by Crippen LogP contribution is 2.20. The van der Waals surface area contributed by atoms with Crippen LogP contribution in [0.4, 0.5) is 0 Å². The van der Waals surface area contributed by atoms with Crippen molar-refractivity contribution in [2.75, 3.05) is 0 Å². The zero-order chi connectivity index (χ0) is 16.2. The van der Waals surface area contributed by atoms with Crippen molar-refractivity contribution in [2.45, 2.75) is 25.7 Å². The van der Waals surface area contributed by atoms with Gasteiger partial charge in [-0.2, -0.15) is 0 Å². The third-order valence-corrected chi connectivity index (χ3v) is 4.59. The summed E-state index contributed by atoms with van der Waals surface area (Å²) in [6.07, 6.45) is 8.14. The highest BCUT2D eigenvalue weighted by molar-refractivity contribution is 5.85. The van der Waals surface area contributed by atoms with Crippen LogP contribution in [0.2, 0.25) is 0 Å². The lowest BCUT2D eigenvalue weighted by atomic mass is 10.0. The van der Waals surface area contributed by atoms with Gasteiger partial charge >= 0.3 is 0 Å². The van der Waals surface area contributed by atoms with E-state index in [-0.39, 0.29) is 0 Å². The minimum atomic E-state index is 1.02. The monoisotopic (exact) mass is 312 g/mol. The largest absolute Gasteiger partial charge is 0.261 e. The average Bonchev–Trinajstić information content (AvgIpc) is 2.65. The number of unbranched alkanes of at least 4 members (excludes halogenated alkanes) is 1. The van der Waals surface area contributed by atoms with Gasteiger partial charge in [-0.1, -0.05) is 48.5 Å². The molecule has 0 radical (unpaired) electrons. The molecule has 0 bridgehead atoms. The van der Waals surface area contributed by atoms with Gasteiger partial charge in [0.2, 0.25) is 0 Å². The van der Waals surface area contributed by atoms with Crippen LogP contribution in [-0.2, 0) is 12.8 Å². The number of fused-ring (bicyclic) bond motifs is 2. The van der Waals surface area contributed by atoms with Crippen LogP contribution < -0.4 is 0 Å². The molecule has 0 N–H and O–H groups in total. The van der Waals surface area contributed by atoms with Crippen LogP contribution in [0, 0.1) is 0 Å². The molecule has 118 valence electrons. The fraction of sp³-hybridized carbons (Fsp3) is 0.182. The van der Waals surface area contributed by atoms with Gasteiger partial charge in [-0.15, -0.1) is 0 Å². The molecule has 0 amide bonds. The van der Waals surface area contributed by atoms with Crippen molar-refractivity contribution >= 4 is 21.5 Å². The van der Waals surface area contributed by atoms with Gasteiger partial charge in [0.15, 0.2) is 0 Å². The number of hydrogen-bond donors (Lipinski definition) is 0. The Labute approximate surface area is 142 Å². The van der Waals surface area contributed by atoms with Crippen molar-refractivity contribution in [3.63, 3.8) is 0 Å². The molecule has 0 unspecified atom stereocenters. The third kappa shape index (κ3) is 3.00. The Hall–Kier alpha value is -2.74. The van der Waals surface area contributed by atoms with Crippen LogP contribution in [0.15, 0.2) is 73.1 Å². The van der Waals surface area contributed by atoms with Crippen LogP contribution >= 0.6 is 0 Å². The quantitative estimate of drug-likeness (QED) is 0.464. The summed E-state index contributed by atoms with van der Waals surface area (Å²) in [6.45, 7) is 0. The molecule has 0 aliphatic carbocycles. The van der Waals surface area contributed by atoms with E-state index in [2.05, 4.69) is 70.6 Å². The molecule has 2 aromatic heterocycles. The first kappa shape index (κ1) is 14.8. The summed E-state index contributed by atoms with van der Waals surface area (Å²) < 4.78 is 0. The van der Waals surface area contributed by atoms with Gasteiger partial charge < -0.3 is 0 Å². The number of aryl methyl sites for hydroxylation is 2. The van der Waals surface area contributed by atoms with Crippen molar-refractivity contribution in [3.8, 4) is 0 Å². The van der Waals surface area contributed by atoms with Crippen LogP contribution in [0.5, 0.6) is 0 Å². The second kappa shape index (κ2) is 6.79. The molecular weight excluding hydrogens is 292 g/mol. The SMILES string of the molecule is c1ccc2c(CCCCc3nccc4ccccc34)nccc2c1. The first-order chi connectivity index (χ1) is 11.9. The summed E-state index contributed by atoms with van der Waals surface area (Å²) in [7, 11) is 0. The summed E-state index contributed by atoms with van der Waals surface area (Å²) in [4.78, 5) is 9.17. The van der Waals surface area contributed by atoms with Crippen molar-refractivity contribution in [1.82, 2.24) is 9.97 Å². The van der Waals surface area contributed by atoms with E-state index >= 15 is 0 Å². The second-order valence-corrected chi connectivity index (χ2v) is 6.16. The molecule has 0 aliphatic heterocycles. The predicted molar refractivity (Wildman–Crippen MR) is 100 cm³/mol. The first-order valence-electron chi connectivity index (χ1n) is 8.57. The minimum Gasteiger partial charge on any atom is -0.261 e. The zero-order valence-corrected chi connectivity index (χ0v) is 13.7. The highest BCUT2D eigenvalue weighted by atomic mass is 14.7. The lowest BCUT2D eigenvalue weighted by Gasteiger charge is -2.07. The summed E-state index contributed by atoms with van der Waals surface area (Å²) in [6, 6.07) is 21.2. The Morgan fingerprint density at radius 1 is 0.542 bits per heavy atom. The number of pyridine rings is 2. The van der Waals surface area contributed by atoms with Crippen LogP contribution in [0.25, 0.3) is 21.5 Å². The van der Waals surface area contributed by atoms with Gasteiger partial charge in [0.05, 0.1) is 0 Å².